The van der Waals surface area contributed by atoms with Crippen LogP contribution in [-0.2, 0) is 11.3 Å². The van der Waals surface area contributed by atoms with Gasteiger partial charge in [0, 0.05) is 6.54 Å². The van der Waals surface area contributed by atoms with E-state index in [9.17, 15) is 4.79 Å². The zero-order chi connectivity index (χ0) is 11.6. The number of carbonyl (C=O) groups is 1. The van der Waals surface area contributed by atoms with Crippen molar-refractivity contribution in [3.63, 3.8) is 0 Å². The summed E-state index contributed by atoms with van der Waals surface area (Å²) in [6.45, 7) is 4.12. The third kappa shape index (κ3) is 2.70. The molecule has 0 saturated carbocycles. The Hall–Kier alpha value is -1.07. The first-order valence-electron chi connectivity index (χ1n) is 4.61. The van der Waals surface area contributed by atoms with E-state index in [1.807, 2.05) is 13.8 Å². The van der Waals surface area contributed by atoms with Crippen molar-refractivity contribution in [3.05, 3.63) is 16.4 Å². The molecule has 0 bridgehead atoms. The van der Waals surface area contributed by atoms with Gasteiger partial charge in [0.15, 0.2) is 0 Å². The summed E-state index contributed by atoms with van der Waals surface area (Å²) in [5.74, 6) is -0.998. The van der Waals surface area contributed by atoms with Crippen molar-refractivity contribution in [2.24, 2.45) is 5.73 Å². The lowest BCUT2D eigenvalue weighted by atomic mass is 10.2. The van der Waals surface area contributed by atoms with E-state index in [2.05, 4.69) is 5.10 Å². The summed E-state index contributed by atoms with van der Waals surface area (Å²) in [6.07, 6.45) is 0.341. The van der Waals surface area contributed by atoms with Crippen molar-refractivity contribution in [2.75, 3.05) is 0 Å². The summed E-state index contributed by atoms with van der Waals surface area (Å²) in [7, 11) is 0. The highest BCUT2D eigenvalue weighted by Crippen LogP contribution is 2.19. The third-order valence-electron chi connectivity index (χ3n) is 2.26. The zero-order valence-corrected chi connectivity index (χ0v) is 9.45. The van der Waals surface area contributed by atoms with Gasteiger partial charge in [0.1, 0.15) is 6.04 Å². The Morgan fingerprint density at radius 2 is 2.27 bits per heavy atom. The number of rotatable bonds is 4. The van der Waals surface area contributed by atoms with Gasteiger partial charge < -0.3 is 10.8 Å². The van der Waals surface area contributed by atoms with Gasteiger partial charge in [-0.25, -0.2) is 0 Å². The first-order chi connectivity index (χ1) is 6.93. The highest BCUT2D eigenvalue weighted by molar-refractivity contribution is 6.31. The number of hydrogen-bond acceptors (Lipinski definition) is 3. The number of nitrogens with two attached hydrogens (primary N) is 1. The lowest BCUT2D eigenvalue weighted by Gasteiger charge is -2.07. The smallest absolute Gasteiger partial charge is 0.320 e. The monoisotopic (exact) mass is 231 g/mol. The van der Waals surface area contributed by atoms with E-state index in [0.717, 1.165) is 11.4 Å². The first kappa shape index (κ1) is 12.0. The zero-order valence-electron chi connectivity index (χ0n) is 8.70. The molecule has 1 aromatic rings. The molecule has 15 heavy (non-hydrogen) atoms. The van der Waals surface area contributed by atoms with Crippen molar-refractivity contribution < 1.29 is 9.90 Å². The first-order valence-corrected chi connectivity index (χ1v) is 4.99. The quantitative estimate of drug-likeness (QED) is 0.809. The molecule has 6 heteroatoms. The average Bonchev–Trinajstić information content (AvgIpc) is 2.42. The van der Waals surface area contributed by atoms with Gasteiger partial charge in [0.2, 0.25) is 0 Å². The number of aromatic nitrogens is 2. The third-order valence-corrected chi connectivity index (χ3v) is 2.81. The van der Waals surface area contributed by atoms with E-state index >= 15 is 0 Å². The maximum Gasteiger partial charge on any atom is 0.320 e. The van der Waals surface area contributed by atoms with Gasteiger partial charge in [-0.05, 0) is 20.3 Å². The SMILES string of the molecule is Cc1nn(CCC(N)C(=O)O)c(C)c1Cl. The van der Waals surface area contributed by atoms with Crippen LogP contribution in [0, 0.1) is 13.8 Å². The Morgan fingerprint density at radius 1 is 1.67 bits per heavy atom. The van der Waals surface area contributed by atoms with E-state index in [-0.39, 0.29) is 0 Å². The molecule has 0 aliphatic carbocycles. The molecule has 84 valence electrons. The summed E-state index contributed by atoms with van der Waals surface area (Å²) in [5.41, 5.74) is 6.97. The average molecular weight is 232 g/mol. The number of aliphatic carboxylic acids is 1. The molecule has 0 saturated heterocycles. The summed E-state index contributed by atoms with van der Waals surface area (Å²) in [4.78, 5) is 10.5. The summed E-state index contributed by atoms with van der Waals surface area (Å²) < 4.78 is 1.68. The summed E-state index contributed by atoms with van der Waals surface area (Å²) in [6, 6.07) is -0.854. The number of hydrogen-bond donors (Lipinski definition) is 2. The molecule has 1 aromatic heterocycles. The molecule has 0 amide bonds. The predicted octanol–water partition coefficient (Wildman–Crippen LogP) is 0.955. The molecule has 0 aliphatic heterocycles. The van der Waals surface area contributed by atoms with Crippen LogP contribution in [0.2, 0.25) is 5.02 Å². The van der Waals surface area contributed by atoms with Crippen LogP contribution >= 0.6 is 11.6 Å². The fourth-order valence-corrected chi connectivity index (χ4v) is 1.41. The van der Waals surface area contributed by atoms with Crippen LogP contribution in [0.15, 0.2) is 0 Å². The van der Waals surface area contributed by atoms with Crippen molar-refractivity contribution in [1.29, 1.82) is 0 Å². The predicted molar refractivity (Wildman–Crippen MR) is 56.9 cm³/mol. The van der Waals surface area contributed by atoms with Crippen LogP contribution in [0.3, 0.4) is 0 Å². The highest BCUT2D eigenvalue weighted by atomic mass is 35.5. The van der Waals surface area contributed by atoms with Gasteiger partial charge in [-0.15, -0.1) is 0 Å². The molecule has 0 aliphatic rings. The van der Waals surface area contributed by atoms with Crippen LogP contribution in [0.25, 0.3) is 0 Å². The molecule has 3 N–H and O–H groups in total. The molecule has 0 spiro atoms. The van der Waals surface area contributed by atoms with Crippen molar-refractivity contribution in [1.82, 2.24) is 9.78 Å². The molecule has 1 heterocycles. The second-order valence-electron chi connectivity index (χ2n) is 3.44. The molecule has 1 atom stereocenters. The van der Waals surface area contributed by atoms with E-state index in [0.29, 0.717) is 18.0 Å². The van der Waals surface area contributed by atoms with Crippen molar-refractivity contribution in [2.45, 2.75) is 32.9 Å². The van der Waals surface area contributed by atoms with Gasteiger partial charge in [-0.3, -0.25) is 9.48 Å². The minimum absolute atomic E-state index is 0.341. The fourth-order valence-electron chi connectivity index (χ4n) is 1.28. The van der Waals surface area contributed by atoms with E-state index in [1.165, 1.54) is 0 Å². The lowest BCUT2D eigenvalue weighted by molar-refractivity contribution is -0.138. The molecule has 1 rings (SSSR count). The second kappa shape index (κ2) is 4.63. The van der Waals surface area contributed by atoms with Gasteiger partial charge in [-0.2, -0.15) is 5.10 Å². The Morgan fingerprint density at radius 3 is 2.67 bits per heavy atom. The number of nitrogens with zero attached hydrogens (tertiary/aromatic N) is 2. The molecular weight excluding hydrogens is 218 g/mol. The number of halogens is 1. The second-order valence-corrected chi connectivity index (χ2v) is 3.82. The van der Waals surface area contributed by atoms with E-state index < -0.39 is 12.0 Å². The van der Waals surface area contributed by atoms with Crippen LogP contribution in [0.1, 0.15) is 17.8 Å². The van der Waals surface area contributed by atoms with Crippen molar-refractivity contribution >= 4 is 17.6 Å². The Bertz CT molecular complexity index is 376. The maximum absolute atomic E-state index is 10.5. The molecular formula is C9H14ClN3O2. The highest BCUT2D eigenvalue weighted by Gasteiger charge is 2.14. The number of carboxylic acids is 1. The van der Waals surface area contributed by atoms with Crippen LogP contribution in [-0.4, -0.2) is 26.9 Å². The van der Waals surface area contributed by atoms with Gasteiger partial charge in [0.05, 0.1) is 16.4 Å². The minimum Gasteiger partial charge on any atom is -0.480 e. The molecule has 0 radical (unpaired) electrons. The Kier molecular flexibility index (Phi) is 3.71. The van der Waals surface area contributed by atoms with Crippen LogP contribution in [0.5, 0.6) is 0 Å². The van der Waals surface area contributed by atoms with E-state index in [1.54, 1.807) is 4.68 Å². The largest absolute Gasteiger partial charge is 0.480 e. The normalized spacial score (nSPS) is 12.8. The summed E-state index contributed by atoms with van der Waals surface area (Å²) in [5, 5.41) is 13.4. The Labute approximate surface area is 92.8 Å². The fraction of sp³-hybridized carbons (Fsp3) is 0.556. The lowest BCUT2D eigenvalue weighted by Crippen LogP contribution is -2.31. The number of carboxylic acid groups (broad SMARTS) is 1. The summed E-state index contributed by atoms with van der Waals surface area (Å²) >= 11 is 5.95. The topological polar surface area (TPSA) is 81.1 Å². The molecule has 0 fully saturated rings. The van der Waals surface area contributed by atoms with Gasteiger partial charge in [-0.1, -0.05) is 11.6 Å². The van der Waals surface area contributed by atoms with E-state index in [4.69, 9.17) is 22.4 Å². The van der Waals surface area contributed by atoms with Gasteiger partial charge in [0.25, 0.3) is 0 Å². The molecule has 1 unspecified atom stereocenters. The van der Waals surface area contributed by atoms with Gasteiger partial charge >= 0.3 is 5.97 Å². The Balaban J connectivity index is 2.66. The minimum atomic E-state index is -0.998. The molecule has 5 nitrogen and oxygen atoms in total. The maximum atomic E-state index is 10.5. The van der Waals surface area contributed by atoms with Crippen LogP contribution in [0.4, 0.5) is 0 Å². The molecule has 0 aromatic carbocycles. The van der Waals surface area contributed by atoms with Crippen molar-refractivity contribution in [3.8, 4) is 0 Å². The van der Waals surface area contributed by atoms with Crippen LogP contribution < -0.4 is 5.73 Å². The standard InChI is InChI=1S/C9H14ClN3O2/c1-5-8(10)6(2)13(12-5)4-3-7(11)9(14)15/h7H,3-4,11H2,1-2H3,(H,14,15). The number of aryl methyl sites for hydroxylation is 2.